The zero-order valence-corrected chi connectivity index (χ0v) is 11.5. The average molecular weight is 274 g/mol. The number of carbonyl (C=O) groups excluding carboxylic acids is 1. The minimum Gasteiger partial charge on any atom is -0.480 e. The molecule has 20 heavy (non-hydrogen) atoms. The number of amides is 1. The number of carboxylic acids is 1. The van der Waals surface area contributed by atoms with Crippen molar-refractivity contribution >= 4 is 22.8 Å². The van der Waals surface area contributed by atoms with Crippen LogP contribution in [0.5, 0.6) is 0 Å². The maximum absolute atomic E-state index is 12.2. The fourth-order valence-corrected chi connectivity index (χ4v) is 2.10. The molecule has 0 saturated heterocycles. The van der Waals surface area contributed by atoms with Crippen molar-refractivity contribution in [3.8, 4) is 0 Å². The lowest BCUT2D eigenvalue weighted by Crippen LogP contribution is -2.45. The van der Waals surface area contributed by atoms with Crippen LogP contribution < -0.4 is 5.32 Å². The van der Waals surface area contributed by atoms with Crippen LogP contribution in [0.2, 0.25) is 0 Å². The van der Waals surface area contributed by atoms with Crippen LogP contribution in [-0.4, -0.2) is 28.0 Å². The molecule has 0 aliphatic heterocycles. The van der Waals surface area contributed by atoms with Crippen molar-refractivity contribution in [2.24, 2.45) is 5.92 Å². The Labute approximate surface area is 117 Å². The standard InChI is InChI=1S/C15H18N2O3/c1-3-9(2)13(15(19)20)17-14(18)11-4-5-12-10(8-11)6-7-16-12/h4-9,13,16H,3H2,1-2H3,(H,17,18)(H,19,20)/t9-,13+/m0/s1. The summed E-state index contributed by atoms with van der Waals surface area (Å²) in [5, 5.41) is 12.7. The predicted molar refractivity (Wildman–Crippen MR) is 76.6 cm³/mol. The highest BCUT2D eigenvalue weighted by atomic mass is 16.4. The monoisotopic (exact) mass is 274 g/mol. The van der Waals surface area contributed by atoms with E-state index in [1.54, 1.807) is 18.3 Å². The highest BCUT2D eigenvalue weighted by molar-refractivity contribution is 5.99. The number of rotatable bonds is 5. The second-order valence-corrected chi connectivity index (χ2v) is 4.95. The molecule has 1 heterocycles. The number of carboxylic acid groups (broad SMARTS) is 1. The molecule has 0 aliphatic carbocycles. The van der Waals surface area contributed by atoms with E-state index in [9.17, 15) is 14.7 Å². The Hall–Kier alpha value is -2.30. The summed E-state index contributed by atoms with van der Waals surface area (Å²) in [4.78, 5) is 26.4. The summed E-state index contributed by atoms with van der Waals surface area (Å²) in [5.41, 5.74) is 1.41. The Kier molecular flexibility index (Phi) is 4.08. The van der Waals surface area contributed by atoms with Gasteiger partial charge in [-0.15, -0.1) is 0 Å². The van der Waals surface area contributed by atoms with E-state index in [0.29, 0.717) is 12.0 Å². The van der Waals surface area contributed by atoms with Gasteiger partial charge in [-0.3, -0.25) is 4.79 Å². The molecule has 0 saturated carbocycles. The number of aliphatic carboxylic acids is 1. The van der Waals surface area contributed by atoms with Gasteiger partial charge < -0.3 is 15.4 Å². The second-order valence-electron chi connectivity index (χ2n) is 4.95. The van der Waals surface area contributed by atoms with Crippen molar-refractivity contribution in [1.29, 1.82) is 0 Å². The number of aromatic amines is 1. The summed E-state index contributed by atoms with van der Waals surface area (Å²) < 4.78 is 0. The third-order valence-corrected chi connectivity index (χ3v) is 3.58. The molecule has 2 rings (SSSR count). The van der Waals surface area contributed by atoms with Crippen LogP contribution in [0.1, 0.15) is 30.6 Å². The molecule has 1 aromatic heterocycles. The fourth-order valence-electron chi connectivity index (χ4n) is 2.10. The Bertz CT molecular complexity index is 633. The van der Waals surface area contributed by atoms with E-state index < -0.39 is 12.0 Å². The van der Waals surface area contributed by atoms with Crippen LogP contribution >= 0.6 is 0 Å². The minimum atomic E-state index is -1.00. The number of nitrogens with one attached hydrogen (secondary N) is 2. The van der Waals surface area contributed by atoms with Gasteiger partial charge >= 0.3 is 5.97 Å². The van der Waals surface area contributed by atoms with Crippen molar-refractivity contribution in [2.45, 2.75) is 26.3 Å². The molecule has 3 N–H and O–H groups in total. The van der Waals surface area contributed by atoms with E-state index in [1.807, 2.05) is 26.0 Å². The van der Waals surface area contributed by atoms with Gasteiger partial charge in [0.05, 0.1) is 0 Å². The van der Waals surface area contributed by atoms with Crippen LogP contribution in [0.4, 0.5) is 0 Å². The van der Waals surface area contributed by atoms with Gasteiger partial charge in [-0.1, -0.05) is 20.3 Å². The first-order valence-corrected chi connectivity index (χ1v) is 6.63. The van der Waals surface area contributed by atoms with Gasteiger partial charge in [-0.2, -0.15) is 0 Å². The minimum absolute atomic E-state index is 0.118. The zero-order chi connectivity index (χ0) is 14.7. The normalized spacial score (nSPS) is 13.9. The van der Waals surface area contributed by atoms with Gasteiger partial charge in [-0.25, -0.2) is 4.79 Å². The molecule has 1 aromatic carbocycles. The third kappa shape index (κ3) is 2.82. The molecular formula is C15H18N2O3. The molecule has 1 amide bonds. The van der Waals surface area contributed by atoms with Crippen LogP contribution in [0.15, 0.2) is 30.5 Å². The zero-order valence-electron chi connectivity index (χ0n) is 11.5. The summed E-state index contributed by atoms with van der Waals surface area (Å²) in [7, 11) is 0. The largest absolute Gasteiger partial charge is 0.480 e. The lowest BCUT2D eigenvalue weighted by molar-refractivity contribution is -0.140. The smallest absolute Gasteiger partial charge is 0.326 e. The SMILES string of the molecule is CC[C@H](C)[C@@H](NC(=O)c1ccc2[nH]ccc2c1)C(=O)O. The maximum Gasteiger partial charge on any atom is 0.326 e. The summed E-state index contributed by atoms with van der Waals surface area (Å²) >= 11 is 0. The van der Waals surface area contributed by atoms with E-state index in [2.05, 4.69) is 10.3 Å². The first-order valence-electron chi connectivity index (χ1n) is 6.63. The molecule has 0 radical (unpaired) electrons. The van der Waals surface area contributed by atoms with Crippen LogP contribution in [0.25, 0.3) is 10.9 Å². The van der Waals surface area contributed by atoms with E-state index in [4.69, 9.17) is 0 Å². The van der Waals surface area contributed by atoms with E-state index in [-0.39, 0.29) is 11.8 Å². The predicted octanol–water partition coefficient (Wildman–Crippen LogP) is 2.40. The number of fused-ring (bicyclic) bond motifs is 1. The number of aromatic nitrogens is 1. The molecule has 0 aliphatic rings. The molecule has 5 heteroatoms. The van der Waals surface area contributed by atoms with E-state index in [0.717, 1.165) is 10.9 Å². The van der Waals surface area contributed by atoms with Crippen molar-refractivity contribution < 1.29 is 14.7 Å². The lowest BCUT2D eigenvalue weighted by atomic mass is 9.99. The van der Waals surface area contributed by atoms with E-state index in [1.165, 1.54) is 0 Å². The van der Waals surface area contributed by atoms with Crippen LogP contribution in [-0.2, 0) is 4.79 Å². The number of hydrogen-bond donors (Lipinski definition) is 3. The molecule has 106 valence electrons. The first-order chi connectivity index (χ1) is 9.52. The number of hydrogen-bond acceptors (Lipinski definition) is 2. The molecule has 2 aromatic rings. The molecule has 0 fully saturated rings. The Morgan fingerprint density at radius 2 is 2.10 bits per heavy atom. The number of benzene rings is 1. The highest BCUT2D eigenvalue weighted by Gasteiger charge is 2.25. The van der Waals surface area contributed by atoms with Gasteiger partial charge in [0.15, 0.2) is 0 Å². The van der Waals surface area contributed by atoms with E-state index >= 15 is 0 Å². The Balaban J connectivity index is 2.19. The Morgan fingerprint density at radius 3 is 2.75 bits per heavy atom. The summed E-state index contributed by atoms with van der Waals surface area (Å²) in [6.45, 7) is 3.72. The van der Waals surface area contributed by atoms with Crippen LogP contribution in [0, 0.1) is 5.92 Å². The highest BCUT2D eigenvalue weighted by Crippen LogP contribution is 2.15. The van der Waals surface area contributed by atoms with Gasteiger partial charge in [0.1, 0.15) is 6.04 Å². The first kappa shape index (κ1) is 14.1. The van der Waals surface area contributed by atoms with Gasteiger partial charge in [0, 0.05) is 22.7 Å². The van der Waals surface area contributed by atoms with Gasteiger partial charge in [0.25, 0.3) is 5.91 Å². The van der Waals surface area contributed by atoms with Gasteiger partial charge in [-0.05, 0) is 30.2 Å². The molecule has 2 atom stereocenters. The Morgan fingerprint density at radius 1 is 1.35 bits per heavy atom. The molecule has 5 nitrogen and oxygen atoms in total. The summed E-state index contributed by atoms with van der Waals surface area (Å²) in [6.07, 6.45) is 2.49. The molecule has 0 bridgehead atoms. The maximum atomic E-state index is 12.2. The van der Waals surface area contributed by atoms with Crippen molar-refractivity contribution in [1.82, 2.24) is 10.3 Å². The lowest BCUT2D eigenvalue weighted by Gasteiger charge is -2.20. The average Bonchev–Trinajstić information content (AvgIpc) is 2.90. The van der Waals surface area contributed by atoms with Crippen molar-refractivity contribution in [2.75, 3.05) is 0 Å². The quantitative estimate of drug-likeness (QED) is 0.783. The topological polar surface area (TPSA) is 82.2 Å². The second kappa shape index (κ2) is 5.77. The van der Waals surface area contributed by atoms with Crippen LogP contribution in [0.3, 0.4) is 0 Å². The summed E-state index contributed by atoms with van der Waals surface area (Å²) in [6, 6.07) is 6.24. The van der Waals surface area contributed by atoms with Crippen molar-refractivity contribution in [3.05, 3.63) is 36.0 Å². The number of H-pyrrole nitrogens is 1. The molecular weight excluding hydrogens is 256 g/mol. The molecule has 0 unspecified atom stereocenters. The third-order valence-electron chi connectivity index (χ3n) is 3.58. The fraction of sp³-hybridized carbons (Fsp3) is 0.333. The van der Waals surface area contributed by atoms with Gasteiger partial charge in [0.2, 0.25) is 0 Å². The molecule has 0 spiro atoms. The van der Waals surface area contributed by atoms with Crippen molar-refractivity contribution in [3.63, 3.8) is 0 Å². The number of carbonyl (C=O) groups is 2. The summed E-state index contributed by atoms with van der Waals surface area (Å²) in [5.74, 6) is -1.48.